The van der Waals surface area contributed by atoms with E-state index in [1.807, 2.05) is 13.8 Å². The number of allylic oxidation sites excluding steroid dienone is 2. The summed E-state index contributed by atoms with van der Waals surface area (Å²) in [6.07, 6.45) is 1.80. The summed E-state index contributed by atoms with van der Waals surface area (Å²) >= 11 is 6.37. The SMILES string of the molecule is C=C(C(=O)OC)/C(C)=C(Cl)\C(CC(=O)OC)=C(\C)CCC.CC(C)(C)O. The number of aliphatic hydroxyl groups is 1. The predicted molar refractivity (Wildman–Crippen MR) is 106 cm³/mol. The molecule has 0 aliphatic carbocycles. The molecule has 0 aliphatic rings. The quantitative estimate of drug-likeness (QED) is 0.389. The molecular formula is C20H33ClO5. The Kier molecular flexibility index (Phi) is 13.0. The number of ether oxygens (including phenoxy) is 2. The van der Waals surface area contributed by atoms with Crippen LogP contribution in [0.2, 0.25) is 0 Å². The Balaban J connectivity index is 0. The molecule has 1 N–H and O–H groups in total. The van der Waals surface area contributed by atoms with Gasteiger partial charge in [0.2, 0.25) is 0 Å². The van der Waals surface area contributed by atoms with Crippen molar-refractivity contribution in [1.82, 2.24) is 0 Å². The van der Waals surface area contributed by atoms with Gasteiger partial charge >= 0.3 is 11.9 Å². The highest BCUT2D eigenvalue weighted by molar-refractivity contribution is 6.33. The largest absolute Gasteiger partial charge is 0.469 e. The van der Waals surface area contributed by atoms with Crippen molar-refractivity contribution in [1.29, 1.82) is 0 Å². The number of halogens is 1. The number of rotatable bonds is 7. The smallest absolute Gasteiger partial charge is 0.337 e. The van der Waals surface area contributed by atoms with Crippen molar-refractivity contribution in [3.8, 4) is 0 Å². The van der Waals surface area contributed by atoms with E-state index >= 15 is 0 Å². The molecule has 0 amide bonds. The Morgan fingerprint density at radius 2 is 1.58 bits per heavy atom. The fourth-order valence-corrected chi connectivity index (χ4v) is 2.14. The van der Waals surface area contributed by atoms with Gasteiger partial charge in [0.1, 0.15) is 0 Å². The van der Waals surface area contributed by atoms with Crippen LogP contribution in [0, 0.1) is 0 Å². The molecule has 0 saturated carbocycles. The summed E-state index contributed by atoms with van der Waals surface area (Å²) in [6.45, 7) is 14.5. The normalized spacial score (nSPS) is 12.8. The van der Waals surface area contributed by atoms with E-state index in [-0.39, 0.29) is 18.0 Å². The van der Waals surface area contributed by atoms with Gasteiger partial charge in [-0.1, -0.05) is 37.1 Å². The van der Waals surface area contributed by atoms with Crippen molar-refractivity contribution >= 4 is 23.5 Å². The molecule has 6 heteroatoms. The lowest BCUT2D eigenvalue weighted by Crippen LogP contribution is -2.10. The number of methoxy groups -OCH3 is 2. The second-order valence-corrected chi connectivity index (χ2v) is 7.22. The van der Waals surface area contributed by atoms with Gasteiger partial charge < -0.3 is 14.6 Å². The average Bonchev–Trinajstić information content (AvgIpc) is 2.55. The summed E-state index contributed by atoms with van der Waals surface area (Å²) in [5.74, 6) is -0.925. The van der Waals surface area contributed by atoms with Gasteiger partial charge in [-0.25, -0.2) is 4.79 Å². The fourth-order valence-electron chi connectivity index (χ4n) is 1.79. The van der Waals surface area contributed by atoms with Crippen molar-refractivity contribution in [3.63, 3.8) is 0 Å². The Morgan fingerprint density at radius 1 is 1.12 bits per heavy atom. The molecular weight excluding hydrogens is 356 g/mol. The second-order valence-electron chi connectivity index (χ2n) is 6.84. The third-order valence-corrected chi connectivity index (χ3v) is 3.68. The molecule has 0 radical (unpaired) electrons. The molecule has 0 atom stereocenters. The molecule has 26 heavy (non-hydrogen) atoms. The fraction of sp³-hybridized carbons (Fsp3) is 0.600. The van der Waals surface area contributed by atoms with Crippen LogP contribution in [0.5, 0.6) is 0 Å². The number of esters is 2. The molecule has 0 aromatic rings. The zero-order valence-electron chi connectivity index (χ0n) is 17.3. The van der Waals surface area contributed by atoms with Crippen LogP contribution < -0.4 is 0 Å². The van der Waals surface area contributed by atoms with Crippen LogP contribution in [0.15, 0.2) is 33.9 Å². The van der Waals surface area contributed by atoms with E-state index in [2.05, 4.69) is 11.3 Å². The van der Waals surface area contributed by atoms with Gasteiger partial charge in [-0.2, -0.15) is 0 Å². The van der Waals surface area contributed by atoms with Gasteiger partial charge in [-0.3, -0.25) is 4.79 Å². The van der Waals surface area contributed by atoms with Gasteiger partial charge in [0.05, 0.1) is 31.8 Å². The number of hydrogen-bond donors (Lipinski definition) is 1. The van der Waals surface area contributed by atoms with Crippen molar-refractivity contribution in [3.05, 3.63) is 33.9 Å². The van der Waals surface area contributed by atoms with Crippen LogP contribution in [0.3, 0.4) is 0 Å². The molecule has 0 spiro atoms. The monoisotopic (exact) mass is 388 g/mol. The van der Waals surface area contributed by atoms with Crippen molar-refractivity contribution in [2.75, 3.05) is 14.2 Å². The number of carbonyl (C=O) groups is 2. The number of carbonyl (C=O) groups excluding carboxylic acids is 2. The van der Waals surface area contributed by atoms with Crippen molar-refractivity contribution in [2.45, 2.75) is 66.4 Å². The lowest BCUT2D eigenvalue weighted by atomic mass is 9.97. The van der Waals surface area contributed by atoms with Crippen LogP contribution in [-0.2, 0) is 19.1 Å². The minimum Gasteiger partial charge on any atom is -0.469 e. The minimum atomic E-state index is -0.545. The lowest BCUT2D eigenvalue weighted by molar-refractivity contribution is -0.139. The maximum Gasteiger partial charge on any atom is 0.337 e. The summed E-state index contributed by atoms with van der Waals surface area (Å²) in [7, 11) is 2.61. The Hall–Kier alpha value is -1.59. The zero-order valence-corrected chi connectivity index (χ0v) is 18.0. The highest BCUT2D eigenvalue weighted by Crippen LogP contribution is 2.30. The van der Waals surface area contributed by atoms with E-state index in [4.69, 9.17) is 21.4 Å². The van der Waals surface area contributed by atoms with Gasteiger partial charge in [-0.15, -0.1) is 0 Å². The maximum absolute atomic E-state index is 11.6. The first-order valence-electron chi connectivity index (χ1n) is 8.42. The first-order valence-corrected chi connectivity index (χ1v) is 8.79. The molecule has 150 valence electrons. The van der Waals surface area contributed by atoms with E-state index in [1.165, 1.54) is 14.2 Å². The predicted octanol–water partition coefficient (Wildman–Crippen LogP) is 4.69. The van der Waals surface area contributed by atoms with E-state index in [0.717, 1.165) is 18.4 Å². The summed E-state index contributed by atoms with van der Waals surface area (Å²) in [6, 6.07) is 0. The first kappa shape index (κ1) is 26.6. The summed E-state index contributed by atoms with van der Waals surface area (Å²) < 4.78 is 9.33. The van der Waals surface area contributed by atoms with Gasteiger partial charge in [0.25, 0.3) is 0 Å². The van der Waals surface area contributed by atoms with Gasteiger partial charge in [0.15, 0.2) is 0 Å². The summed E-state index contributed by atoms with van der Waals surface area (Å²) in [5.41, 5.74) is 1.84. The highest BCUT2D eigenvalue weighted by Gasteiger charge is 2.18. The van der Waals surface area contributed by atoms with Crippen LogP contribution in [0.25, 0.3) is 0 Å². The third-order valence-electron chi connectivity index (χ3n) is 3.17. The molecule has 0 bridgehead atoms. The highest BCUT2D eigenvalue weighted by atomic mass is 35.5. The second kappa shape index (κ2) is 12.7. The average molecular weight is 389 g/mol. The Morgan fingerprint density at radius 3 is 1.92 bits per heavy atom. The first-order chi connectivity index (χ1) is 11.8. The molecule has 5 nitrogen and oxygen atoms in total. The maximum atomic E-state index is 11.6. The van der Waals surface area contributed by atoms with Gasteiger partial charge in [-0.05, 0) is 52.2 Å². The van der Waals surface area contributed by atoms with E-state index in [0.29, 0.717) is 16.2 Å². The van der Waals surface area contributed by atoms with E-state index in [9.17, 15) is 9.59 Å². The molecule has 0 fully saturated rings. The van der Waals surface area contributed by atoms with Crippen LogP contribution >= 0.6 is 11.6 Å². The Bertz CT molecular complexity index is 559. The zero-order chi connectivity index (χ0) is 21.1. The van der Waals surface area contributed by atoms with E-state index in [1.54, 1.807) is 27.7 Å². The Labute approximate surface area is 162 Å². The minimum absolute atomic E-state index is 0.0625. The van der Waals surface area contributed by atoms with Gasteiger partial charge in [0, 0.05) is 5.03 Å². The topological polar surface area (TPSA) is 72.8 Å². The van der Waals surface area contributed by atoms with E-state index < -0.39 is 11.6 Å². The third kappa shape index (κ3) is 11.9. The van der Waals surface area contributed by atoms with Crippen LogP contribution in [0.1, 0.15) is 60.8 Å². The lowest BCUT2D eigenvalue weighted by Gasteiger charge is -2.14. The van der Waals surface area contributed by atoms with Crippen molar-refractivity contribution in [2.24, 2.45) is 0 Å². The molecule has 0 aromatic carbocycles. The molecule has 0 rings (SSSR count). The molecule has 0 unspecified atom stereocenters. The number of hydrogen-bond acceptors (Lipinski definition) is 5. The summed E-state index contributed by atoms with van der Waals surface area (Å²) in [4.78, 5) is 23.1. The molecule has 0 saturated heterocycles. The molecule has 0 aliphatic heterocycles. The van der Waals surface area contributed by atoms with Crippen LogP contribution in [0.4, 0.5) is 0 Å². The van der Waals surface area contributed by atoms with Crippen molar-refractivity contribution < 1.29 is 24.2 Å². The molecule has 0 heterocycles. The van der Waals surface area contributed by atoms with Crippen LogP contribution in [-0.4, -0.2) is 36.9 Å². The summed E-state index contributed by atoms with van der Waals surface area (Å²) in [5, 5.41) is 8.87. The molecule has 0 aromatic heterocycles. The standard InChI is InChI=1S/C16H23ClO4.C4H10O/c1-7-8-10(2)13(9-14(18)20-5)15(17)11(3)12(4)16(19)21-6;1-4(2,3)5/h4,7-9H2,1-3,5-6H3;5H,1-3H3/b13-10-,15-11+;.